The van der Waals surface area contributed by atoms with Crippen LogP contribution in [0.1, 0.15) is 73.1 Å². The summed E-state index contributed by atoms with van der Waals surface area (Å²) in [6.45, 7) is 12.1. The van der Waals surface area contributed by atoms with Crippen LogP contribution in [0.3, 0.4) is 0 Å². The molecule has 0 radical (unpaired) electrons. The van der Waals surface area contributed by atoms with E-state index >= 15 is 0 Å². The van der Waals surface area contributed by atoms with E-state index in [0.29, 0.717) is 10.8 Å². The van der Waals surface area contributed by atoms with Crippen molar-refractivity contribution in [2.45, 2.75) is 85.2 Å². The lowest BCUT2D eigenvalue weighted by atomic mass is 9.69. The first-order chi connectivity index (χ1) is 9.32. The Morgan fingerprint density at radius 1 is 1.10 bits per heavy atom. The van der Waals surface area contributed by atoms with Gasteiger partial charge < -0.3 is 5.32 Å². The van der Waals surface area contributed by atoms with Gasteiger partial charge in [-0.15, -0.1) is 0 Å². The normalized spacial score (nSPS) is 35.0. The largest absolute Gasteiger partial charge is 0.310 e. The summed E-state index contributed by atoms with van der Waals surface area (Å²) in [4.78, 5) is 0. The second-order valence-corrected chi connectivity index (χ2v) is 9.67. The van der Waals surface area contributed by atoms with Crippen molar-refractivity contribution in [2.75, 3.05) is 11.5 Å². The van der Waals surface area contributed by atoms with Crippen molar-refractivity contribution < 1.29 is 0 Å². The minimum absolute atomic E-state index is 0.530. The van der Waals surface area contributed by atoms with Crippen LogP contribution in [0, 0.1) is 16.7 Å². The predicted octanol–water partition coefficient (Wildman–Crippen LogP) is 5.10. The van der Waals surface area contributed by atoms with E-state index in [0.717, 1.165) is 18.0 Å². The van der Waals surface area contributed by atoms with Crippen molar-refractivity contribution in [3.63, 3.8) is 0 Å². The molecule has 0 aromatic carbocycles. The minimum atomic E-state index is 0.530. The maximum absolute atomic E-state index is 3.98. The zero-order chi connectivity index (χ0) is 14.8. The van der Waals surface area contributed by atoms with Gasteiger partial charge in [-0.3, -0.25) is 0 Å². The summed E-state index contributed by atoms with van der Waals surface area (Å²) in [5.74, 6) is 3.61. The van der Waals surface area contributed by atoms with E-state index in [1.165, 1.54) is 50.0 Å². The van der Waals surface area contributed by atoms with Crippen molar-refractivity contribution >= 4 is 11.8 Å². The van der Waals surface area contributed by atoms with E-state index in [4.69, 9.17) is 0 Å². The van der Waals surface area contributed by atoms with Gasteiger partial charge in [-0.25, -0.2) is 0 Å². The Kier molecular flexibility index (Phi) is 5.51. The summed E-state index contributed by atoms with van der Waals surface area (Å²) < 4.78 is 0. The quantitative estimate of drug-likeness (QED) is 0.774. The smallest absolute Gasteiger partial charge is 0.0166 e. The Morgan fingerprint density at radius 2 is 1.75 bits per heavy atom. The highest BCUT2D eigenvalue weighted by Crippen LogP contribution is 2.41. The lowest BCUT2D eigenvalue weighted by Gasteiger charge is -2.42. The number of thioether (sulfide) groups is 1. The molecule has 20 heavy (non-hydrogen) atoms. The molecule has 1 atom stereocenters. The molecule has 1 aliphatic heterocycles. The molecular formula is C18H35NS. The molecule has 1 saturated heterocycles. The molecule has 0 amide bonds. The number of rotatable bonds is 4. The Hall–Kier alpha value is 0.310. The zero-order valence-electron chi connectivity index (χ0n) is 14.3. The fourth-order valence-corrected chi connectivity index (χ4v) is 5.32. The lowest BCUT2D eigenvalue weighted by molar-refractivity contribution is 0.132. The van der Waals surface area contributed by atoms with Gasteiger partial charge in [0.25, 0.3) is 0 Å². The van der Waals surface area contributed by atoms with Gasteiger partial charge in [-0.05, 0) is 54.6 Å². The topological polar surface area (TPSA) is 12.0 Å². The van der Waals surface area contributed by atoms with Crippen molar-refractivity contribution in [3.05, 3.63) is 0 Å². The SMILES string of the molecule is CCC(C)(C)C1CCC(NC2CSCC(C)(C)C2)CC1. The van der Waals surface area contributed by atoms with Crippen LogP contribution in [0.15, 0.2) is 0 Å². The molecule has 2 aliphatic rings. The highest BCUT2D eigenvalue weighted by molar-refractivity contribution is 7.99. The Bertz CT molecular complexity index is 303. The third-order valence-corrected chi connectivity index (χ3v) is 7.45. The third kappa shape index (κ3) is 4.40. The molecule has 2 rings (SSSR count). The maximum Gasteiger partial charge on any atom is 0.0166 e. The second-order valence-electron chi connectivity index (χ2n) is 8.64. The molecule has 1 N–H and O–H groups in total. The van der Waals surface area contributed by atoms with E-state index in [9.17, 15) is 0 Å². The van der Waals surface area contributed by atoms with E-state index in [1.54, 1.807) is 0 Å². The molecule has 1 unspecified atom stereocenters. The molecule has 2 heteroatoms. The molecule has 1 nitrogen and oxygen atoms in total. The Labute approximate surface area is 131 Å². The number of nitrogens with one attached hydrogen (secondary N) is 1. The Morgan fingerprint density at radius 3 is 2.30 bits per heavy atom. The molecule has 1 saturated carbocycles. The highest BCUT2D eigenvalue weighted by atomic mass is 32.2. The average molecular weight is 298 g/mol. The van der Waals surface area contributed by atoms with E-state index < -0.39 is 0 Å². The van der Waals surface area contributed by atoms with Crippen LogP contribution in [0.25, 0.3) is 0 Å². The summed E-state index contributed by atoms with van der Waals surface area (Å²) in [5.41, 5.74) is 1.08. The van der Waals surface area contributed by atoms with Crippen LogP contribution < -0.4 is 5.32 Å². The van der Waals surface area contributed by atoms with Crippen LogP contribution >= 0.6 is 11.8 Å². The third-order valence-electron chi connectivity index (χ3n) is 5.83. The Balaban J connectivity index is 1.77. The molecule has 1 aliphatic carbocycles. The van der Waals surface area contributed by atoms with Crippen LogP contribution in [-0.2, 0) is 0 Å². The van der Waals surface area contributed by atoms with Gasteiger partial charge in [-0.2, -0.15) is 11.8 Å². The molecule has 0 aromatic heterocycles. The summed E-state index contributed by atoms with van der Waals surface area (Å²) in [7, 11) is 0. The van der Waals surface area contributed by atoms with Gasteiger partial charge in [0.1, 0.15) is 0 Å². The van der Waals surface area contributed by atoms with Crippen LogP contribution in [-0.4, -0.2) is 23.6 Å². The van der Waals surface area contributed by atoms with Gasteiger partial charge in [0.05, 0.1) is 0 Å². The van der Waals surface area contributed by atoms with E-state index in [-0.39, 0.29) is 0 Å². The summed E-state index contributed by atoms with van der Waals surface area (Å²) in [6, 6.07) is 1.54. The maximum atomic E-state index is 3.98. The first-order valence-corrected chi connectivity index (χ1v) is 9.82. The van der Waals surface area contributed by atoms with Crippen molar-refractivity contribution in [2.24, 2.45) is 16.7 Å². The summed E-state index contributed by atoms with van der Waals surface area (Å²) >= 11 is 2.14. The molecule has 0 bridgehead atoms. The molecule has 118 valence electrons. The van der Waals surface area contributed by atoms with E-state index in [2.05, 4.69) is 51.7 Å². The van der Waals surface area contributed by atoms with Gasteiger partial charge in [0.2, 0.25) is 0 Å². The average Bonchev–Trinajstić information content (AvgIpc) is 2.38. The molecule has 0 spiro atoms. The van der Waals surface area contributed by atoms with Gasteiger partial charge in [-0.1, -0.05) is 41.0 Å². The fourth-order valence-electron chi connectivity index (χ4n) is 4.03. The molecule has 2 fully saturated rings. The first kappa shape index (κ1) is 16.7. The lowest BCUT2D eigenvalue weighted by Crippen LogP contribution is -2.47. The van der Waals surface area contributed by atoms with Crippen LogP contribution in [0.4, 0.5) is 0 Å². The zero-order valence-corrected chi connectivity index (χ0v) is 15.1. The predicted molar refractivity (Wildman–Crippen MR) is 92.5 cm³/mol. The second kappa shape index (κ2) is 6.60. The minimum Gasteiger partial charge on any atom is -0.310 e. The summed E-state index contributed by atoms with van der Waals surface area (Å²) in [5, 5.41) is 3.98. The molecule has 1 heterocycles. The number of hydrogen-bond donors (Lipinski definition) is 1. The first-order valence-electron chi connectivity index (χ1n) is 8.66. The van der Waals surface area contributed by atoms with Gasteiger partial charge in [0, 0.05) is 17.8 Å². The fraction of sp³-hybridized carbons (Fsp3) is 1.00. The van der Waals surface area contributed by atoms with Crippen LogP contribution in [0.5, 0.6) is 0 Å². The molecular weight excluding hydrogens is 262 g/mol. The van der Waals surface area contributed by atoms with Gasteiger partial charge in [0.15, 0.2) is 0 Å². The standard InChI is InChI=1S/C18H35NS/c1-6-18(4,5)14-7-9-15(10-8-14)19-16-11-17(2,3)13-20-12-16/h14-16,19H,6-13H2,1-5H3. The number of hydrogen-bond acceptors (Lipinski definition) is 2. The van der Waals surface area contributed by atoms with Crippen LogP contribution in [0.2, 0.25) is 0 Å². The van der Waals surface area contributed by atoms with Crippen molar-refractivity contribution in [3.8, 4) is 0 Å². The monoisotopic (exact) mass is 297 g/mol. The van der Waals surface area contributed by atoms with Crippen molar-refractivity contribution in [1.29, 1.82) is 0 Å². The molecule has 0 aromatic rings. The summed E-state index contributed by atoms with van der Waals surface area (Å²) in [6.07, 6.45) is 8.35. The van der Waals surface area contributed by atoms with Gasteiger partial charge >= 0.3 is 0 Å². The van der Waals surface area contributed by atoms with Crippen molar-refractivity contribution in [1.82, 2.24) is 5.32 Å². The van der Waals surface area contributed by atoms with E-state index in [1.807, 2.05) is 0 Å². The highest BCUT2D eigenvalue weighted by Gasteiger charge is 2.34.